The summed E-state index contributed by atoms with van der Waals surface area (Å²) in [5, 5.41) is 4.15. The predicted octanol–water partition coefficient (Wildman–Crippen LogP) is 3.78. The molecule has 1 aliphatic heterocycles. The van der Waals surface area contributed by atoms with Crippen LogP contribution < -0.4 is 0 Å². The summed E-state index contributed by atoms with van der Waals surface area (Å²) in [7, 11) is 0. The fourth-order valence-corrected chi connectivity index (χ4v) is 2.97. The van der Waals surface area contributed by atoms with E-state index in [1.807, 2.05) is 26.0 Å². The average molecular weight is 339 g/mol. The van der Waals surface area contributed by atoms with E-state index in [0.717, 1.165) is 24.6 Å². The first-order chi connectivity index (χ1) is 10.7. The second-order valence-electron chi connectivity index (χ2n) is 5.88. The second kappa shape index (κ2) is 7.79. The molecule has 0 amide bonds. The lowest BCUT2D eigenvalue weighted by atomic mass is 10.0. The van der Waals surface area contributed by atoms with Crippen LogP contribution in [0.15, 0.2) is 21.1 Å². The van der Waals surface area contributed by atoms with Gasteiger partial charge in [-0.05, 0) is 45.0 Å². The number of carbonyl (C=O) groups is 1. The average Bonchev–Trinajstić information content (AvgIpc) is 3.22. The van der Waals surface area contributed by atoms with Crippen LogP contribution in [0.5, 0.6) is 0 Å². The first kappa shape index (κ1) is 17.8. The largest absolute Gasteiger partial charge is 0.466 e. The molecule has 1 aliphatic rings. The first-order valence-electron chi connectivity index (χ1n) is 7.95. The van der Waals surface area contributed by atoms with Crippen molar-refractivity contribution in [2.24, 2.45) is 0 Å². The molecular formula is C17H23ClN2O3. The summed E-state index contributed by atoms with van der Waals surface area (Å²) in [6.07, 6.45) is 3.38. The molecule has 2 aromatic rings. The van der Waals surface area contributed by atoms with Crippen molar-refractivity contribution in [1.82, 2.24) is 10.1 Å². The Morgan fingerprint density at radius 2 is 2.04 bits per heavy atom. The van der Waals surface area contributed by atoms with Crippen LogP contribution >= 0.6 is 12.4 Å². The number of halogens is 1. The maximum atomic E-state index is 12.3. The lowest BCUT2D eigenvalue weighted by Gasteiger charge is -2.12. The zero-order valence-corrected chi connectivity index (χ0v) is 14.4. The number of aryl methyl sites for hydroxylation is 1. The van der Waals surface area contributed by atoms with Gasteiger partial charge in [-0.25, -0.2) is 0 Å². The van der Waals surface area contributed by atoms with Gasteiger partial charge in [-0.3, -0.25) is 9.69 Å². The Balaban J connectivity index is 0.00000192. The zero-order chi connectivity index (χ0) is 15.5. The number of Topliss-reactive ketones (excluding diaryl/α,β-unsaturated/α-hetero) is 1. The third-order valence-corrected chi connectivity index (χ3v) is 4.14. The van der Waals surface area contributed by atoms with Gasteiger partial charge in [0.2, 0.25) is 0 Å². The van der Waals surface area contributed by atoms with Crippen LogP contribution in [0.2, 0.25) is 0 Å². The van der Waals surface area contributed by atoms with Crippen LogP contribution in [0.1, 0.15) is 59.5 Å². The van der Waals surface area contributed by atoms with Crippen molar-refractivity contribution in [2.75, 3.05) is 13.1 Å². The smallest absolute Gasteiger partial charge is 0.168 e. The van der Waals surface area contributed by atoms with Crippen LogP contribution in [-0.2, 0) is 13.0 Å². The van der Waals surface area contributed by atoms with Gasteiger partial charge < -0.3 is 8.94 Å². The Hall–Kier alpha value is -1.59. The molecule has 0 N–H and O–H groups in total. The van der Waals surface area contributed by atoms with Gasteiger partial charge >= 0.3 is 0 Å². The quantitative estimate of drug-likeness (QED) is 0.750. The standard InChI is InChI=1S/C17H22N2O3.ClH/c1-3-15(20)17-14(10-13-7-6-12(2)21-13)18-22-16(17)11-19-8-4-5-9-19;/h6-7H,3-5,8-11H2,1-2H3;1H. The molecule has 0 bridgehead atoms. The summed E-state index contributed by atoms with van der Waals surface area (Å²) in [5.74, 6) is 2.46. The van der Waals surface area contributed by atoms with E-state index < -0.39 is 0 Å². The molecule has 1 fully saturated rings. The van der Waals surface area contributed by atoms with Crippen LogP contribution in [-0.4, -0.2) is 28.9 Å². The molecule has 0 unspecified atom stereocenters. The van der Waals surface area contributed by atoms with Gasteiger partial charge in [-0.15, -0.1) is 12.4 Å². The number of furan rings is 1. The summed E-state index contributed by atoms with van der Waals surface area (Å²) < 4.78 is 11.1. The Morgan fingerprint density at radius 1 is 1.30 bits per heavy atom. The monoisotopic (exact) mass is 338 g/mol. The van der Waals surface area contributed by atoms with Crippen molar-refractivity contribution in [3.63, 3.8) is 0 Å². The highest BCUT2D eigenvalue weighted by Crippen LogP contribution is 2.23. The summed E-state index contributed by atoms with van der Waals surface area (Å²) in [6, 6.07) is 3.84. The van der Waals surface area contributed by atoms with Gasteiger partial charge in [0.05, 0.1) is 18.5 Å². The topological polar surface area (TPSA) is 59.5 Å². The van der Waals surface area contributed by atoms with E-state index in [-0.39, 0.29) is 18.2 Å². The highest BCUT2D eigenvalue weighted by molar-refractivity contribution is 5.97. The molecule has 0 aliphatic carbocycles. The van der Waals surface area contributed by atoms with Gasteiger partial charge in [-0.2, -0.15) is 0 Å². The van der Waals surface area contributed by atoms with Crippen molar-refractivity contribution in [3.05, 3.63) is 40.7 Å². The lowest BCUT2D eigenvalue weighted by Crippen LogP contribution is -2.19. The number of nitrogens with zero attached hydrogens (tertiary/aromatic N) is 2. The third-order valence-electron chi connectivity index (χ3n) is 4.14. The molecule has 3 rings (SSSR count). The van der Waals surface area contributed by atoms with Crippen molar-refractivity contribution < 1.29 is 13.7 Å². The predicted molar refractivity (Wildman–Crippen MR) is 89.1 cm³/mol. The summed E-state index contributed by atoms with van der Waals surface area (Å²) in [5.41, 5.74) is 1.35. The molecule has 6 heteroatoms. The highest BCUT2D eigenvalue weighted by Gasteiger charge is 2.25. The number of hydrogen-bond acceptors (Lipinski definition) is 5. The van der Waals surface area contributed by atoms with Gasteiger partial charge in [0.1, 0.15) is 17.2 Å². The summed E-state index contributed by atoms with van der Waals surface area (Å²) >= 11 is 0. The second-order valence-corrected chi connectivity index (χ2v) is 5.88. The molecule has 0 spiro atoms. The van der Waals surface area contributed by atoms with Gasteiger partial charge in [0.15, 0.2) is 11.5 Å². The molecule has 3 heterocycles. The van der Waals surface area contributed by atoms with E-state index in [2.05, 4.69) is 10.1 Å². The van der Waals surface area contributed by atoms with E-state index in [9.17, 15) is 4.79 Å². The molecule has 0 radical (unpaired) electrons. The van der Waals surface area contributed by atoms with Crippen molar-refractivity contribution >= 4 is 18.2 Å². The normalized spacial score (nSPS) is 14.9. The molecule has 5 nitrogen and oxygen atoms in total. The van der Waals surface area contributed by atoms with E-state index in [1.54, 1.807) is 0 Å². The molecule has 0 saturated carbocycles. The third kappa shape index (κ3) is 4.03. The highest BCUT2D eigenvalue weighted by atomic mass is 35.5. The maximum absolute atomic E-state index is 12.3. The molecule has 0 aromatic carbocycles. The summed E-state index contributed by atoms with van der Waals surface area (Å²) in [4.78, 5) is 14.6. The van der Waals surface area contributed by atoms with E-state index in [4.69, 9.17) is 8.94 Å². The van der Waals surface area contributed by atoms with Crippen molar-refractivity contribution in [2.45, 2.75) is 46.1 Å². The van der Waals surface area contributed by atoms with E-state index in [1.165, 1.54) is 12.8 Å². The summed E-state index contributed by atoms with van der Waals surface area (Å²) in [6.45, 7) is 6.57. The SMILES string of the molecule is CCC(=O)c1c(Cc2ccc(C)o2)noc1CN1CCCC1.Cl. The minimum Gasteiger partial charge on any atom is -0.466 e. The van der Waals surface area contributed by atoms with Gasteiger partial charge in [0, 0.05) is 6.42 Å². The molecule has 23 heavy (non-hydrogen) atoms. The molecule has 2 aromatic heterocycles. The van der Waals surface area contributed by atoms with Crippen LogP contribution in [0.3, 0.4) is 0 Å². The number of hydrogen-bond donors (Lipinski definition) is 0. The van der Waals surface area contributed by atoms with E-state index >= 15 is 0 Å². The van der Waals surface area contributed by atoms with Crippen LogP contribution in [0, 0.1) is 6.92 Å². The van der Waals surface area contributed by atoms with E-state index in [0.29, 0.717) is 36.4 Å². The fourth-order valence-electron chi connectivity index (χ4n) is 2.97. The zero-order valence-electron chi connectivity index (χ0n) is 13.6. The van der Waals surface area contributed by atoms with Gasteiger partial charge in [-0.1, -0.05) is 12.1 Å². The lowest BCUT2D eigenvalue weighted by molar-refractivity contribution is 0.0984. The van der Waals surface area contributed by atoms with Crippen LogP contribution in [0.4, 0.5) is 0 Å². The van der Waals surface area contributed by atoms with Crippen molar-refractivity contribution in [3.8, 4) is 0 Å². The Morgan fingerprint density at radius 3 is 2.65 bits per heavy atom. The van der Waals surface area contributed by atoms with Gasteiger partial charge in [0.25, 0.3) is 0 Å². The Kier molecular flexibility index (Phi) is 6.02. The first-order valence-corrected chi connectivity index (χ1v) is 7.95. The fraction of sp³-hybridized carbons (Fsp3) is 0.529. The minimum atomic E-state index is 0. The number of aromatic nitrogens is 1. The van der Waals surface area contributed by atoms with Crippen molar-refractivity contribution in [1.29, 1.82) is 0 Å². The Labute approximate surface area is 142 Å². The van der Waals surface area contributed by atoms with Crippen LogP contribution in [0.25, 0.3) is 0 Å². The number of carbonyl (C=O) groups excluding carboxylic acids is 1. The number of likely N-dealkylation sites (tertiary alicyclic amines) is 1. The minimum absolute atomic E-state index is 0. The molecule has 0 atom stereocenters. The molecule has 1 saturated heterocycles. The number of ketones is 1. The number of rotatable bonds is 6. The molecular weight excluding hydrogens is 316 g/mol. The molecule has 126 valence electrons. The maximum Gasteiger partial charge on any atom is 0.168 e. The Bertz CT molecular complexity index is 657.